The summed E-state index contributed by atoms with van der Waals surface area (Å²) in [6.07, 6.45) is 3.19. The Hall–Kier alpha value is -2.70. The Bertz CT molecular complexity index is 1100. The second-order valence-corrected chi connectivity index (χ2v) is 6.73. The Balaban J connectivity index is 1.81. The van der Waals surface area contributed by atoms with Gasteiger partial charge >= 0.3 is 0 Å². The van der Waals surface area contributed by atoms with E-state index in [1.807, 2.05) is 38.1 Å². The van der Waals surface area contributed by atoms with Gasteiger partial charge in [0.25, 0.3) is 0 Å². The molecule has 0 fully saturated rings. The van der Waals surface area contributed by atoms with Crippen LogP contribution in [0.3, 0.4) is 0 Å². The lowest BCUT2D eigenvalue weighted by Crippen LogP contribution is -1.98. The van der Waals surface area contributed by atoms with Gasteiger partial charge in [-0.3, -0.25) is 0 Å². The van der Waals surface area contributed by atoms with Crippen LogP contribution in [0.1, 0.15) is 11.3 Å². The molecule has 130 valence electrons. The Morgan fingerprint density at radius 1 is 1.00 bits per heavy atom. The molecule has 3 heterocycles. The molecule has 0 saturated carbocycles. The summed E-state index contributed by atoms with van der Waals surface area (Å²) < 4.78 is 0. The molecule has 0 bridgehead atoms. The molecule has 0 atom stereocenters. The van der Waals surface area contributed by atoms with Crippen molar-refractivity contribution in [1.29, 1.82) is 0 Å². The summed E-state index contributed by atoms with van der Waals surface area (Å²) in [6, 6.07) is 7.40. The maximum Gasteiger partial charge on any atom is 0.159 e. The summed E-state index contributed by atoms with van der Waals surface area (Å²) in [6.45, 7) is 3.84. The third-order valence-electron chi connectivity index (χ3n) is 3.87. The molecular weight excluding hydrogens is 371 g/mol. The van der Waals surface area contributed by atoms with Crippen molar-refractivity contribution in [2.75, 3.05) is 5.32 Å². The number of aromatic nitrogens is 5. The molecule has 0 aliphatic carbocycles. The molecule has 0 unspecified atom stereocenters. The third-order valence-corrected chi connectivity index (χ3v) is 4.47. The van der Waals surface area contributed by atoms with Crippen LogP contribution in [0.25, 0.3) is 22.4 Å². The number of anilines is 2. The fourth-order valence-corrected chi connectivity index (χ4v) is 3.49. The van der Waals surface area contributed by atoms with E-state index in [1.165, 1.54) is 6.33 Å². The van der Waals surface area contributed by atoms with Crippen molar-refractivity contribution in [3.63, 3.8) is 0 Å². The van der Waals surface area contributed by atoms with Gasteiger partial charge in [0, 0.05) is 18.0 Å². The Morgan fingerprint density at radius 3 is 2.50 bits per heavy atom. The van der Waals surface area contributed by atoms with Crippen molar-refractivity contribution in [3.8, 4) is 11.4 Å². The second kappa shape index (κ2) is 6.55. The van der Waals surface area contributed by atoms with Gasteiger partial charge in [0.15, 0.2) is 5.82 Å². The third kappa shape index (κ3) is 3.09. The zero-order valence-corrected chi connectivity index (χ0v) is 15.5. The van der Waals surface area contributed by atoms with E-state index in [-0.39, 0.29) is 0 Å². The van der Waals surface area contributed by atoms with E-state index in [0.717, 1.165) is 16.8 Å². The predicted octanol–water partition coefficient (Wildman–Crippen LogP) is 5.08. The molecule has 1 aromatic carbocycles. The minimum Gasteiger partial charge on any atom is -0.338 e. The number of hydrogen-bond acceptors (Lipinski definition) is 5. The molecule has 0 saturated heterocycles. The summed E-state index contributed by atoms with van der Waals surface area (Å²) in [5.41, 5.74) is 4.00. The van der Waals surface area contributed by atoms with Gasteiger partial charge in [-0.1, -0.05) is 23.2 Å². The highest BCUT2D eigenvalue weighted by molar-refractivity contribution is 6.39. The molecule has 26 heavy (non-hydrogen) atoms. The second-order valence-electron chi connectivity index (χ2n) is 5.91. The van der Waals surface area contributed by atoms with Gasteiger partial charge in [-0.05, 0) is 37.6 Å². The fourth-order valence-electron chi connectivity index (χ4n) is 2.72. The molecule has 4 rings (SSSR count). The Morgan fingerprint density at radius 2 is 1.77 bits per heavy atom. The summed E-state index contributed by atoms with van der Waals surface area (Å²) in [5.74, 6) is 1.82. The number of H-pyrrole nitrogens is 1. The molecule has 8 heteroatoms. The number of pyridine rings is 1. The minimum atomic E-state index is 0.544. The number of benzene rings is 1. The highest BCUT2D eigenvalue weighted by Crippen LogP contribution is 2.36. The van der Waals surface area contributed by atoms with Crippen LogP contribution in [0, 0.1) is 13.8 Å². The van der Waals surface area contributed by atoms with Crippen molar-refractivity contribution >= 4 is 45.9 Å². The summed E-state index contributed by atoms with van der Waals surface area (Å²) >= 11 is 12.8. The largest absolute Gasteiger partial charge is 0.338 e. The molecule has 2 N–H and O–H groups in total. The van der Waals surface area contributed by atoms with Crippen LogP contribution in [-0.2, 0) is 0 Å². The summed E-state index contributed by atoms with van der Waals surface area (Å²) in [5, 5.41) is 4.27. The van der Waals surface area contributed by atoms with E-state index in [9.17, 15) is 0 Å². The van der Waals surface area contributed by atoms with E-state index in [0.29, 0.717) is 38.6 Å². The van der Waals surface area contributed by atoms with Gasteiger partial charge in [0.05, 0.1) is 21.1 Å². The lowest BCUT2D eigenvalue weighted by molar-refractivity contribution is 1.10. The number of imidazole rings is 1. The highest BCUT2D eigenvalue weighted by Gasteiger charge is 2.16. The van der Waals surface area contributed by atoms with Gasteiger partial charge in [-0.15, -0.1) is 0 Å². The number of rotatable bonds is 3. The number of hydrogen-bond donors (Lipinski definition) is 2. The standard InChI is InChI=1S/C18H14Cl2N6/c1-9-5-11(19)15(12(20)6-9)17-24-13-3-4-21-18(16(13)26-17)25-14-7-10(2)22-8-23-14/h3-8H,1-2H3,(H,24,26)(H,21,22,23,25). The monoisotopic (exact) mass is 384 g/mol. The quantitative estimate of drug-likeness (QED) is 0.514. The maximum atomic E-state index is 6.39. The number of aromatic amines is 1. The number of aryl methyl sites for hydroxylation is 2. The fraction of sp³-hybridized carbons (Fsp3) is 0.111. The van der Waals surface area contributed by atoms with Crippen LogP contribution in [0.5, 0.6) is 0 Å². The van der Waals surface area contributed by atoms with Crippen LogP contribution in [0.4, 0.5) is 11.6 Å². The first-order valence-corrected chi connectivity index (χ1v) is 8.63. The molecule has 0 spiro atoms. The first-order chi connectivity index (χ1) is 12.5. The zero-order chi connectivity index (χ0) is 18.3. The molecular formula is C18H14Cl2N6. The highest BCUT2D eigenvalue weighted by atomic mass is 35.5. The predicted molar refractivity (Wildman–Crippen MR) is 104 cm³/mol. The summed E-state index contributed by atoms with van der Waals surface area (Å²) in [7, 11) is 0. The average molecular weight is 385 g/mol. The number of fused-ring (bicyclic) bond motifs is 1. The van der Waals surface area contributed by atoms with Crippen molar-refractivity contribution in [2.45, 2.75) is 13.8 Å². The van der Waals surface area contributed by atoms with Crippen LogP contribution < -0.4 is 5.32 Å². The lowest BCUT2D eigenvalue weighted by Gasteiger charge is -2.05. The van der Waals surface area contributed by atoms with Crippen LogP contribution in [0.15, 0.2) is 36.8 Å². The molecule has 0 aliphatic rings. The van der Waals surface area contributed by atoms with Gasteiger partial charge in [-0.25, -0.2) is 19.9 Å². The molecule has 3 aromatic heterocycles. The van der Waals surface area contributed by atoms with Crippen molar-refractivity contribution in [3.05, 3.63) is 58.1 Å². The minimum absolute atomic E-state index is 0.544. The smallest absolute Gasteiger partial charge is 0.159 e. The molecule has 0 amide bonds. The SMILES string of the molecule is Cc1cc(Cl)c(-c2nc3c(Nc4cc(C)ncn4)nccc3[nH]2)c(Cl)c1. The molecule has 6 nitrogen and oxygen atoms in total. The lowest BCUT2D eigenvalue weighted by atomic mass is 10.1. The van der Waals surface area contributed by atoms with Crippen molar-refractivity contribution in [1.82, 2.24) is 24.9 Å². The van der Waals surface area contributed by atoms with E-state index >= 15 is 0 Å². The van der Waals surface area contributed by atoms with Gasteiger partial charge in [0.2, 0.25) is 0 Å². The number of nitrogens with one attached hydrogen (secondary N) is 2. The Labute approximate surface area is 159 Å². The van der Waals surface area contributed by atoms with Crippen LogP contribution in [-0.4, -0.2) is 24.9 Å². The Kier molecular flexibility index (Phi) is 4.22. The van der Waals surface area contributed by atoms with Gasteiger partial charge < -0.3 is 10.3 Å². The van der Waals surface area contributed by atoms with Gasteiger partial charge in [-0.2, -0.15) is 0 Å². The topological polar surface area (TPSA) is 79.4 Å². The van der Waals surface area contributed by atoms with Crippen LogP contribution >= 0.6 is 23.2 Å². The van der Waals surface area contributed by atoms with Crippen molar-refractivity contribution in [2.24, 2.45) is 0 Å². The average Bonchev–Trinajstić information content (AvgIpc) is 2.98. The molecule has 0 radical (unpaired) electrons. The molecule has 0 aliphatic heterocycles. The summed E-state index contributed by atoms with van der Waals surface area (Å²) in [4.78, 5) is 20.6. The van der Waals surface area contributed by atoms with E-state index in [2.05, 4.69) is 30.2 Å². The molecule has 4 aromatic rings. The normalized spacial score (nSPS) is 11.1. The first-order valence-electron chi connectivity index (χ1n) is 7.87. The first kappa shape index (κ1) is 16.8. The zero-order valence-electron chi connectivity index (χ0n) is 14.0. The van der Waals surface area contributed by atoms with Crippen LogP contribution in [0.2, 0.25) is 10.0 Å². The van der Waals surface area contributed by atoms with E-state index in [4.69, 9.17) is 23.2 Å². The van der Waals surface area contributed by atoms with Gasteiger partial charge in [0.1, 0.15) is 23.5 Å². The van der Waals surface area contributed by atoms with Crippen molar-refractivity contribution < 1.29 is 0 Å². The maximum absolute atomic E-state index is 6.39. The number of halogens is 2. The number of nitrogens with zero attached hydrogens (tertiary/aromatic N) is 4. The van der Waals surface area contributed by atoms with E-state index < -0.39 is 0 Å². The van der Waals surface area contributed by atoms with E-state index in [1.54, 1.807) is 6.20 Å².